The number of carbonyl (C=O) groups is 2. The first kappa shape index (κ1) is 18.7. The van der Waals surface area contributed by atoms with Gasteiger partial charge < -0.3 is 4.74 Å². The van der Waals surface area contributed by atoms with Crippen molar-refractivity contribution in [2.75, 3.05) is 0 Å². The van der Waals surface area contributed by atoms with E-state index >= 15 is 0 Å². The highest BCUT2D eigenvalue weighted by Crippen LogP contribution is 2.49. The van der Waals surface area contributed by atoms with E-state index in [0.29, 0.717) is 5.56 Å². The van der Waals surface area contributed by atoms with Gasteiger partial charge in [-0.2, -0.15) is 13.2 Å². The molecule has 1 saturated heterocycles. The summed E-state index contributed by atoms with van der Waals surface area (Å²) in [5, 5.41) is 0.244. The molecule has 2 fully saturated rings. The molecular weight excluding hydrogens is 425 g/mol. The predicted octanol–water partition coefficient (Wildman–Crippen LogP) is 5.11. The number of rotatable bonds is 1. The van der Waals surface area contributed by atoms with Gasteiger partial charge in [0.05, 0.1) is 5.92 Å². The molecule has 0 bridgehead atoms. The third-order valence-electron chi connectivity index (χ3n) is 5.09. The molecule has 1 aromatic carbocycles. The van der Waals surface area contributed by atoms with Gasteiger partial charge >= 0.3 is 12.1 Å². The van der Waals surface area contributed by atoms with Crippen LogP contribution in [0.1, 0.15) is 42.7 Å². The number of aryl methyl sites for hydroxylation is 1. The molecule has 1 spiro atoms. The topological polar surface area (TPSA) is 43.4 Å². The number of carbonyl (C=O) groups excluding carboxylic acids is 2. The lowest BCUT2D eigenvalue weighted by atomic mass is 9.74. The van der Waals surface area contributed by atoms with Crippen LogP contribution in [0.25, 0.3) is 0 Å². The molecule has 25 heavy (non-hydrogen) atoms. The lowest BCUT2D eigenvalue weighted by Crippen LogP contribution is -2.43. The highest BCUT2D eigenvalue weighted by molar-refractivity contribution is 9.10. The van der Waals surface area contributed by atoms with Gasteiger partial charge in [-0.05, 0) is 49.8 Å². The van der Waals surface area contributed by atoms with Gasteiger partial charge in [-0.15, -0.1) is 0 Å². The Bertz CT molecular complexity index is 739. The molecule has 1 aromatic rings. The van der Waals surface area contributed by atoms with Crippen molar-refractivity contribution in [3.63, 3.8) is 0 Å². The third kappa shape index (κ3) is 3.21. The number of hydrogen-bond acceptors (Lipinski definition) is 3. The Hall–Kier alpha value is -1.08. The maximum atomic E-state index is 12.9. The zero-order valence-electron chi connectivity index (χ0n) is 13.3. The molecule has 2 aliphatic rings. The molecule has 1 aliphatic heterocycles. The smallest absolute Gasteiger partial charge is 0.391 e. The van der Waals surface area contributed by atoms with Crippen LogP contribution in [0.3, 0.4) is 0 Å². The van der Waals surface area contributed by atoms with Crippen molar-refractivity contribution >= 4 is 39.3 Å². The van der Waals surface area contributed by atoms with Crippen molar-refractivity contribution < 1.29 is 27.5 Å². The van der Waals surface area contributed by atoms with Gasteiger partial charge in [0.15, 0.2) is 11.4 Å². The fourth-order valence-corrected chi connectivity index (χ4v) is 4.35. The molecule has 0 N–H and O–H groups in total. The average molecular weight is 440 g/mol. The lowest BCUT2D eigenvalue weighted by Gasteiger charge is -2.35. The molecule has 0 amide bonds. The minimum Gasteiger partial charge on any atom is -0.450 e. The molecule has 0 radical (unpaired) electrons. The quantitative estimate of drug-likeness (QED) is 0.451. The van der Waals surface area contributed by atoms with Crippen LogP contribution in [0.4, 0.5) is 13.2 Å². The number of halogens is 5. The highest BCUT2D eigenvalue weighted by Gasteiger charge is 2.59. The summed E-state index contributed by atoms with van der Waals surface area (Å²) in [6, 6.07) is 3.23. The number of esters is 1. The van der Waals surface area contributed by atoms with E-state index < -0.39 is 35.4 Å². The normalized spacial score (nSPS) is 30.0. The van der Waals surface area contributed by atoms with Crippen LogP contribution < -0.4 is 0 Å². The Morgan fingerprint density at radius 2 is 1.84 bits per heavy atom. The molecule has 3 nitrogen and oxygen atoms in total. The second kappa shape index (κ2) is 6.27. The van der Waals surface area contributed by atoms with Gasteiger partial charge in [0.2, 0.25) is 0 Å². The maximum absolute atomic E-state index is 12.9. The summed E-state index contributed by atoms with van der Waals surface area (Å²) < 4.78 is 44.6. The molecule has 136 valence electrons. The van der Waals surface area contributed by atoms with E-state index in [1.807, 2.05) is 0 Å². The number of alkyl halides is 3. The first-order valence-electron chi connectivity index (χ1n) is 7.84. The Kier molecular flexibility index (Phi) is 4.69. The van der Waals surface area contributed by atoms with E-state index in [2.05, 4.69) is 15.9 Å². The summed E-state index contributed by atoms with van der Waals surface area (Å²) in [7, 11) is 0. The van der Waals surface area contributed by atoms with Crippen molar-refractivity contribution in [3.05, 3.63) is 32.8 Å². The van der Waals surface area contributed by atoms with Crippen LogP contribution in [-0.2, 0) is 14.3 Å². The Labute approximate surface area is 156 Å². The summed E-state index contributed by atoms with van der Waals surface area (Å²) in [5.74, 6) is -3.86. The number of ketones is 1. The van der Waals surface area contributed by atoms with E-state index in [1.54, 1.807) is 19.1 Å². The summed E-state index contributed by atoms with van der Waals surface area (Å²) in [6.07, 6.45) is -4.94. The molecule has 0 aromatic heterocycles. The molecule has 1 heterocycles. The van der Waals surface area contributed by atoms with Crippen molar-refractivity contribution in [3.8, 4) is 0 Å². The monoisotopic (exact) mass is 438 g/mol. The van der Waals surface area contributed by atoms with E-state index in [-0.39, 0.29) is 30.7 Å². The molecule has 1 aliphatic carbocycles. The van der Waals surface area contributed by atoms with Gasteiger partial charge in [-0.3, -0.25) is 9.59 Å². The molecular formula is C17H15BrClF3O3. The number of Topliss-reactive ketones (excluding diaryl/α,β-unsaturated/α-hetero) is 1. The molecule has 3 rings (SSSR count). The van der Waals surface area contributed by atoms with Crippen molar-refractivity contribution in [1.82, 2.24) is 0 Å². The SMILES string of the molecule is Cc1cc(C2C(=O)OC3(CCC(C(F)(F)F)CC3)C2=O)c(Cl)cc1Br. The lowest BCUT2D eigenvalue weighted by molar-refractivity contribution is -0.194. The Morgan fingerprint density at radius 3 is 2.40 bits per heavy atom. The van der Waals surface area contributed by atoms with E-state index in [9.17, 15) is 22.8 Å². The first-order valence-corrected chi connectivity index (χ1v) is 9.02. The van der Waals surface area contributed by atoms with Gasteiger partial charge in [-0.1, -0.05) is 33.6 Å². The molecule has 1 atom stereocenters. The van der Waals surface area contributed by atoms with Crippen molar-refractivity contribution in [2.45, 2.75) is 50.3 Å². The fourth-order valence-electron chi connectivity index (χ4n) is 3.60. The second-order valence-electron chi connectivity index (χ2n) is 6.65. The molecule has 1 unspecified atom stereocenters. The Morgan fingerprint density at radius 1 is 1.24 bits per heavy atom. The van der Waals surface area contributed by atoms with E-state index in [4.69, 9.17) is 16.3 Å². The highest BCUT2D eigenvalue weighted by atomic mass is 79.9. The second-order valence-corrected chi connectivity index (χ2v) is 7.91. The predicted molar refractivity (Wildman–Crippen MR) is 88.5 cm³/mol. The summed E-state index contributed by atoms with van der Waals surface area (Å²) in [6.45, 7) is 1.79. The van der Waals surface area contributed by atoms with Gasteiger partial charge in [0.1, 0.15) is 5.92 Å². The minimum atomic E-state index is -4.29. The Balaban J connectivity index is 1.88. The van der Waals surface area contributed by atoms with E-state index in [0.717, 1.165) is 10.0 Å². The molecule has 1 saturated carbocycles. The van der Waals surface area contributed by atoms with Gasteiger partial charge in [-0.25, -0.2) is 0 Å². The van der Waals surface area contributed by atoms with Crippen LogP contribution in [0.5, 0.6) is 0 Å². The summed E-state index contributed by atoms with van der Waals surface area (Å²) in [4.78, 5) is 25.3. The van der Waals surface area contributed by atoms with Crippen LogP contribution in [0.2, 0.25) is 5.02 Å². The van der Waals surface area contributed by atoms with Crippen molar-refractivity contribution in [2.24, 2.45) is 5.92 Å². The third-order valence-corrected chi connectivity index (χ3v) is 6.27. The first-order chi connectivity index (χ1) is 11.5. The number of benzene rings is 1. The summed E-state index contributed by atoms with van der Waals surface area (Å²) >= 11 is 9.51. The van der Waals surface area contributed by atoms with Gasteiger partial charge in [0.25, 0.3) is 0 Å². The van der Waals surface area contributed by atoms with Crippen molar-refractivity contribution in [1.29, 1.82) is 0 Å². The average Bonchev–Trinajstić information content (AvgIpc) is 2.74. The number of hydrogen-bond donors (Lipinski definition) is 0. The standard InChI is InChI=1S/C17H15BrClF3O3/c1-8-6-10(12(19)7-11(8)18)13-14(23)16(25-15(13)24)4-2-9(3-5-16)17(20,21)22/h6-7,9,13H,2-5H2,1H3. The largest absolute Gasteiger partial charge is 0.450 e. The van der Waals surface area contributed by atoms with Crippen LogP contribution in [-0.4, -0.2) is 23.5 Å². The number of ether oxygens (including phenoxy) is 1. The zero-order valence-corrected chi connectivity index (χ0v) is 15.6. The van der Waals surface area contributed by atoms with Crippen LogP contribution >= 0.6 is 27.5 Å². The van der Waals surface area contributed by atoms with Crippen LogP contribution in [0.15, 0.2) is 16.6 Å². The zero-order chi connectivity index (χ0) is 18.6. The fraction of sp³-hybridized carbons (Fsp3) is 0.529. The minimum absolute atomic E-state index is 0.106. The van der Waals surface area contributed by atoms with E-state index in [1.165, 1.54) is 0 Å². The van der Waals surface area contributed by atoms with Gasteiger partial charge in [0, 0.05) is 9.50 Å². The summed E-state index contributed by atoms with van der Waals surface area (Å²) in [5.41, 5.74) is -0.317. The maximum Gasteiger partial charge on any atom is 0.391 e. The van der Waals surface area contributed by atoms with Crippen LogP contribution in [0, 0.1) is 12.8 Å². The molecule has 8 heteroatoms.